The Kier molecular flexibility index (Phi) is 4.29. The van der Waals surface area contributed by atoms with E-state index >= 15 is 0 Å². The van der Waals surface area contributed by atoms with Crippen LogP contribution in [0.3, 0.4) is 0 Å². The molecule has 4 atom stereocenters. The first-order valence-electron chi connectivity index (χ1n) is 11.9. The third-order valence-corrected chi connectivity index (χ3v) is 7.83. The van der Waals surface area contributed by atoms with Crippen LogP contribution in [0.1, 0.15) is 11.1 Å². The van der Waals surface area contributed by atoms with Crippen molar-refractivity contribution in [3.63, 3.8) is 0 Å². The van der Waals surface area contributed by atoms with Gasteiger partial charge < -0.3 is 10.3 Å². The van der Waals surface area contributed by atoms with Gasteiger partial charge in [0.05, 0.1) is 17.5 Å². The lowest BCUT2D eigenvalue weighted by atomic mass is 9.76. The zero-order valence-corrected chi connectivity index (χ0v) is 19.0. The molecule has 3 aliphatic rings. The normalized spacial score (nSPS) is 26.6. The van der Waals surface area contributed by atoms with Gasteiger partial charge >= 0.3 is 0 Å². The molecule has 2 fully saturated rings. The first-order chi connectivity index (χ1) is 17.5. The van der Waals surface area contributed by atoms with Gasteiger partial charge in [-0.2, -0.15) is 0 Å². The van der Waals surface area contributed by atoms with Crippen molar-refractivity contribution in [1.29, 1.82) is 0 Å². The van der Waals surface area contributed by atoms with Crippen molar-refractivity contribution in [1.82, 2.24) is 10.3 Å². The van der Waals surface area contributed by atoms with E-state index in [0.717, 1.165) is 21.4 Å². The number of amides is 3. The molecule has 178 valence electrons. The van der Waals surface area contributed by atoms with Crippen LogP contribution in [0, 0.1) is 17.7 Å². The van der Waals surface area contributed by atoms with Crippen molar-refractivity contribution in [3.8, 4) is 0 Å². The molecule has 3 N–H and O–H groups in total. The highest BCUT2D eigenvalue weighted by molar-refractivity contribution is 6.25. The second-order valence-corrected chi connectivity index (χ2v) is 9.59. The molecule has 1 spiro atoms. The summed E-state index contributed by atoms with van der Waals surface area (Å²) in [5.41, 5.74) is 1.64. The van der Waals surface area contributed by atoms with E-state index in [2.05, 4.69) is 15.6 Å². The van der Waals surface area contributed by atoms with Crippen molar-refractivity contribution in [2.24, 2.45) is 11.8 Å². The number of hydrogen-bond donors (Lipinski definition) is 3. The van der Waals surface area contributed by atoms with Gasteiger partial charge in [-0.25, -0.2) is 9.29 Å². The summed E-state index contributed by atoms with van der Waals surface area (Å²) >= 11 is 0. The summed E-state index contributed by atoms with van der Waals surface area (Å²) in [7, 11) is 0. The number of fused-ring (bicyclic) bond motifs is 5. The van der Waals surface area contributed by atoms with Crippen molar-refractivity contribution >= 4 is 40.0 Å². The van der Waals surface area contributed by atoms with E-state index in [9.17, 15) is 18.8 Å². The van der Waals surface area contributed by atoms with Crippen molar-refractivity contribution in [2.75, 3.05) is 10.2 Å². The molecule has 4 aromatic rings. The fourth-order valence-corrected chi connectivity index (χ4v) is 6.34. The molecule has 1 aromatic heterocycles. The van der Waals surface area contributed by atoms with Crippen LogP contribution in [-0.4, -0.2) is 28.7 Å². The fourth-order valence-electron chi connectivity index (χ4n) is 6.34. The molecule has 7 nitrogen and oxygen atoms in total. The summed E-state index contributed by atoms with van der Waals surface area (Å²) in [6.07, 6.45) is 2.30. The van der Waals surface area contributed by atoms with Gasteiger partial charge in [-0.05, 0) is 36.2 Å². The number of rotatable bonds is 3. The standard InChI is InChI=1S/C28H21FN4O3/c29-18-9-3-6-12-22(18)33-25(34)23-21(13-15-14-30-19-10-4-1-7-16(15)19)32-28(24(23)26(33)35)17-8-2-5-11-20(17)31-27(28)36/h1-12,14,21,23-24,30,32H,13H2,(H,31,36)/t21-,23-,24-,28-/m0/s1. The Hall–Kier alpha value is -4.30. The molecule has 0 unspecified atom stereocenters. The van der Waals surface area contributed by atoms with Crippen molar-refractivity contribution in [3.05, 3.63) is 95.9 Å². The molecule has 3 amide bonds. The minimum absolute atomic E-state index is 0.0883. The Morgan fingerprint density at radius 2 is 1.64 bits per heavy atom. The number of nitrogens with one attached hydrogen (secondary N) is 3. The van der Waals surface area contributed by atoms with Crippen molar-refractivity contribution in [2.45, 2.75) is 18.0 Å². The Labute approximate surface area is 205 Å². The molecule has 2 saturated heterocycles. The second kappa shape index (κ2) is 7.35. The Morgan fingerprint density at radius 3 is 2.50 bits per heavy atom. The van der Waals surface area contributed by atoms with Gasteiger partial charge in [0.15, 0.2) is 0 Å². The number of H-pyrrole nitrogens is 1. The van der Waals surface area contributed by atoms with Crippen LogP contribution >= 0.6 is 0 Å². The molecule has 0 saturated carbocycles. The molecular weight excluding hydrogens is 459 g/mol. The van der Waals surface area contributed by atoms with Gasteiger partial charge in [-0.3, -0.25) is 19.7 Å². The molecule has 4 heterocycles. The van der Waals surface area contributed by atoms with Crippen LogP contribution in [0.4, 0.5) is 15.8 Å². The van der Waals surface area contributed by atoms with Gasteiger partial charge in [-0.15, -0.1) is 0 Å². The number of aromatic amines is 1. The Bertz CT molecular complexity index is 1600. The average molecular weight is 480 g/mol. The fraction of sp³-hybridized carbons (Fsp3) is 0.179. The molecule has 3 aromatic carbocycles. The van der Waals surface area contributed by atoms with E-state index < -0.39 is 41.0 Å². The summed E-state index contributed by atoms with van der Waals surface area (Å²) in [4.78, 5) is 45.6. The van der Waals surface area contributed by atoms with Gasteiger partial charge in [-0.1, -0.05) is 48.5 Å². The third-order valence-electron chi connectivity index (χ3n) is 7.83. The zero-order chi connectivity index (χ0) is 24.6. The van der Waals surface area contributed by atoms with Crippen LogP contribution in [0.25, 0.3) is 10.9 Å². The number of hydrogen-bond acceptors (Lipinski definition) is 4. The van der Waals surface area contributed by atoms with Gasteiger partial charge in [0, 0.05) is 34.4 Å². The number of para-hydroxylation sites is 3. The van der Waals surface area contributed by atoms with E-state index in [1.165, 1.54) is 18.2 Å². The summed E-state index contributed by atoms with van der Waals surface area (Å²) in [6.45, 7) is 0. The van der Waals surface area contributed by atoms with E-state index in [1.54, 1.807) is 30.3 Å². The lowest BCUT2D eigenvalue weighted by Gasteiger charge is -2.29. The number of carbonyl (C=O) groups is 3. The molecule has 8 heteroatoms. The smallest absolute Gasteiger partial charge is 0.250 e. The minimum atomic E-state index is -1.43. The SMILES string of the molecule is O=C1[C@H]2[C@H](Cc3c[nH]c4ccccc34)N[C@]3(C(=O)Nc4ccccc43)[C@@H]2C(=O)N1c1ccccc1F. The maximum atomic E-state index is 14.8. The maximum absolute atomic E-state index is 14.8. The van der Waals surface area contributed by atoms with E-state index in [-0.39, 0.29) is 11.6 Å². The number of carbonyl (C=O) groups excluding carboxylic acids is 3. The minimum Gasteiger partial charge on any atom is -0.361 e. The number of anilines is 2. The second-order valence-electron chi connectivity index (χ2n) is 9.59. The summed E-state index contributed by atoms with van der Waals surface area (Å²) in [5.74, 6) is -3.97. The zero-order valence-electron chi connectivity index (χ0n) is 19.0. The molecule has 0 radical (unpaired) electrons. The number of aromatic nitrogens is 1. The van der Waals surface area contributed by atoms with Crippen LogP contribution < -0.4 is 15.5 Å². The highest BCUT2D eigenvalue weighted by Gasteiger charge is 2.70. The van der Waals surface area contributed by atoms with Crippen LogP contribution in [0.15, 0.2) is 79.0 Å². The maximum Gasteiger partial charge on any atom is 0.250 e. The lowest BCUT2D eigenvalue weighted by molar-refractivity contribution is -0.130. The van der Waals surface area contributed by atoms with Crippen LogP contribution in [0.5, 0.6) is 0 Å². The third kappa shape index (κ3) is 2.62. The summed E-state index contributed by atoms with van der Waals surface area (Å²) in [5, 5.41) is 7.34. The highest BCUT2D eigenvalue weighted by atomic mass is 19.1. The Morgan fingerprint density at radius 1 is 0.889 bits per heavy atom. The first kappa shape index (κ1) is 21.0. The number of benzene rings is 3. The number of halogens is 1. The number of imide groups is 1. The van der Waals surface area contributed by atoms with E-state index in [1.807, 2.05) is 30.5 Å². The largest absolute Gasteiger partial charge is 0.361 e. The summed E-state index contributed by atoms with van der Waals surface area (Å²) in [6, 6.07) is 20.2. The number of nitrogens with zero attached hydrogens (tertiary/aromatic N) is 1. The molecule has 7 rings (SSSR count). The van der Waals surface area contributed by atoms with Gasteiger partial charge in [0.2, 0.25) is 17.7 Å². The predicted molar refractivity (Wildman–Crippen MR) is 132 cm³/mol. The average Bonchev–Trinajstić information content (AvgIpc) is 3.59. The monoisotopic (exact) mass is 480 g/mol. The summed E-state index contributed by atoms with van der Waals surface area (Å²) < 4.78 is 14.8. The molecule has 0 aliphatic carbocycles. The lowest BCUT2D eigenvalue weighted by Crippen LogP contribution is -2.53. The van der Waals surface area contributed by atoms with Crippen molar-refractivity contribution < 1.29 is 18.8 Å². The topological polar surface area (TPSA) is 94.3 Å². The highest BCUT2D eigenvalue weighted by Crippen LogP contribution is 2.54. The molecule has 36 heavy (non-hydrogen) atoms. The Balaban J connectivity index is 1.39. The van der Waals surface area contributed by atoms with Crippen LogP contribution in [-0.2, 0) is 26.3 Å². The molecule has 0 bridgehead atoms. The quantitative estimate of drug-likeness (QED) is 0.392. The van der Waals surface area contributed by atoms with E-state index in [4.69, 9.17) is 0 Å². The molecule has 3 aliphatic heterocycles. The van der Waals surface area contributed by atoms with Gasteiger partial charge in [0.1, 0.15) is 11.4 Å². The molecular formula is C28H21FN4O3. The predicted octanol–water partition coefficient (Wildman–Crippen LogP) is 3.47. The van der Waals surface area contributed by atoms with Gasteiger partial charge in [0.25, 0.3) is 0 Å². The van der Waals surface area contributed by atoms with E-state index in [0.29, 0.717) is 17.7 Å². The first-order valence-corrected chi connectivity index (χ1v) is 11.9. The van der Waals surface area contributed by atoms with Crippen LogP contribution in [0.2, 0.25) is 0 Å².